The maximum atomic E-state index is 13.7. The van der Waals surface area contributed by atoms with E-state index in [1.54, 1.807) is 19.1 Å². The van der Waals surface area contributed by atoms with E-state index in [0.717, 1.165) is 24.1 Å². The molecule has 3 rings (SSSR count). The van der Waals surface area contributed by atoms with E-state index in [2.05, 4.69) is 37.6 Å². The summed E-state index contributed by atoms with van der Waals surface area (Å²) in [6, 6.07) is 7.46. The van der Waals surface area contributed by atoms with Crippen LogP contribution < -0.4 is 10.6 Å². The van der Waals surface area contributed by atoms with Crippen LogP contribution in [0.2, 0.25) is 0 Å². The first-order valence-corrected chi connectivity index (χ1v) is 13.8. The number of ether oxygens (including phenoxy) is 1. The number of alkyl halides is 3. The molecule has 7 unspecified atom stereocenters. The Bertz CT molecular complexity index is 968. The zero-order valence-corrected chi connectivity index (χ0v) is 23.9. The number of nitrogens with one attached hydrogen (secondary N) is 2. The number of fused-ring (bicyclic) bond motifs is 1. The number of nitrogens with zero attached hydrogens (tertiary/aromatic N) is 2. The van der Waals surface area contributed by atoms with Gasteiger partial charge in [0.15, 0.2) is 6.17 Å². The number of amides is 1. The molecule has 2 N–H and O–H groups in total. The maximum Gasteiger partial charge on any atom is 0.392 e. The van der Waals surface area contributed by atoms with Crippen molar-refractivity contribution in [3.63, 3.8) is 0 Å². The molecule has 1 aliphatic carbocycles. The Morgan fingerprint density at radius 3 is 2.47 bits per heavy atom. The maximum absolute atomic E-state index is 13.7. The summed E-state index contributed by atoms with van der Waals surface area (Å²) in [7, 11) is 5.59. The van der Waals surface area contributed by atoms with Crippen molar-refractivity contribution in [2.75, 3.05) is 34.4 Å². The number of carbonyl (C=O) groups excluding carboxylic acids is 1. The number of carbonyl (C=O) groups is 1. The highest BCUT2D eigenvalue weighted by Crippen LogP contribution is 2.47. The summed E-state index contributed by atoms with van der Waals surface area (Å²) in [4.78, 5) is 15.2. The molecule has 6 nitrogen and oxygen atoms in total. The first-order chi connectivity index (χ1) is 17.8. The molecular weight excluding hydrogens is 493 g/mol. The second-order valence-corrected chi connectivity index (χ2v) is 11.5. The Morgan fingerprint density at radius 1 is 1.24 bits per heavy atom. The molecule has 1 aliphatic heterocycles. The van der Waals surface area contributed by atoms with Crippen LogP contribution >= 0.6 is 0 Å². The van der Waals surface area contributed by atoms with Crippen LogP contribution in [-0.2, 0) is 4.74 Å². The molecule has 2 aliphatic rings. The Balaban J connectivity index is 1.96. The predicted molar refractivity (Wildman–Crippen MR) is 144 cm³/mol. The van der Waals surface area contributed by atoms with Crippen LogP contribution in [0.15, 0.2) is 35.9 Å². The lowest BCUT2D eigenvalue weighted by molar-refractivity contribution is -0.957. The highest BCUT2D eigenvalue weighted by molar-refractivity contribution is 5.94. The lowest BCUT2D eigenvalue weighted by Crippen LogP contribution is -2.73. The van der Waals surface area contributed by atoms with Gasteiger partial charge >= 0.3 is 6.18 Å². The van der Waals surface area contributed by atoms with E-state index in [9.17, 15) is 18.0 Å². The van der Waals surface area contributed by atoms with Gasteiger partial charge in [0, 0.05) is 31.7 Å². The van der Waals surface area contributed by atoms with Gasteiger partial charge < -0.3 is 14.1 Å². The van der Waals surface area contributed by atoms with E-state index in [4.69, 9.17) is 4.74 Å². The summed E-state index contributed by atoms with van der Waals surface area (Å²) in [5, 5.41) is 7.26. The zero-order chi connectivity index (χ0) is 28.3. The molecule has 1 heterocycles. The van der Waals surface area contributed by atoms with E-state index in [1.807, 2.05) is 38.1 Å². The number of hydrogen-bond acceptors (Lipinski definition) is 4. The molecule has 0 saturated heterocycles. The molecule has 0 spiro atoms. The van der Waals surface area contributed by atoms with Gasteiger partial charge in [-0.1, -0.05) is 30.2 Å². The van der Waals surface area contributed by atoms with Crippen LogP contribution in [0.4, 0.5) is 13.2 Å². The fraction of sp³-hybridized carbons (Fsp3) is 0.690. The van der Waals surface area contributed by atoms with Gasteiger partial charge in [-0.25, -0.2) is 5.32 Å². The third kappa shape index (κ3) is 6.79. The number of aryl methyl sites for hydroxylation is 1. The molecule has 1 aromatic carbocycles. The van der Waals surface area contributed by atoms with Crippen LogP contribution in [0, 0.1) is 18.8 Å². The molecule has 1 aromatic rings. The number of rotatable bonds is 10. The lowest BCUT2D eigenvalue weighted by Gasteiger charge is -2.54. The van der Waals surface area contributed by atoms with Crippen molar-refractivity contribution >= 4 is 5.91 Å². The molecule has 1 amide bonds. The lowest BCUT2D eigenvalue weighted by atomic mass is 9.72. The summed E-state index contributed by atoms with van der Waals surface area (Å²) in [6.45, 7) is 9.53. The Hall–Kier alpha value is -1.94. The molecule has 214 valence electrons. The fourth-order valence-electron chi connectivity index (χ4n) is 6.21. The molecule has 38 heavy (non-hydrogen) atoms. The van der Waals surface area contributed by atoms with Crippen molar-refractivity contribution in [2.45, 2.75) is 84.1 Å². The number of likely N-dealkylation sites (N-methyl/N-ethyl adjacent to an activating group) is 1. The van der Waals surface area contributed by atoms with E-state index >= 15 is 0 Å². The quantitative estimate of drug-likeness (QED) is 0.248. The number of methoxy groups -OCH3 is 1. The largest absolute Gasteiger partial charge is 0.392 e. The third-order valence-corrected chi connectivity index (χ3v) is 8.55. The minimum absolute atomic E-state index is 0.0359. The van der Waals surface area contributed by atoms with E-state index < -0.39 is 18.4 Å². The van der Waals surface area contributed by atoms with Crippen molar-refractivity contribution in [3.8, 4) is 0 Å². The van der Waals surface area contributed by atoms with Crippen LogP contribution in [-0.4, -0.2) is 80.4 Å². The number of benzene rings is 1. The SMILES string of the molecule is CCC[N+]1(C)C(C)C=C2CC(C(F)(F)F)CCC2C1NC(NC(C)COC)N(C)C(=O)c1ccc(C)cc1. The van der Waals surface area contributed by atoms with E-state index in [-0.39, 0.29) is 42.9 Å². The molecule has 7 atom stereocenters. The van der Waals surface area contributed by atoms with E-state index in [1.165, 1.54) is 0 Å². The molecule has 9 heteroatoms. The number of hydrogen-bond donors (Lipinski definition) is 2. The van der Waals surface area contributed by atoms with Gasteiger partial charge in [0.1, 0.15) is 12.3 Å². The van der Waals surface area contributed by atoms with Crippen LogP contribution in [0.1, 0.15) is 62.4 Å². The van der Waals surface area contributed by atoms with Gasteiger partial charge in [-0.2, -0.15) is 13.2 Å². The monoisotopic (exact) mass is 539 g/mol. The fourth-order valence-corrected chi connectivity index (χ4v) is 6.21. The summed E-state index contributed by atoms with van der Waals surface area (Å²) in [6.07, 6.45) is -1.20. The smallest absolute Gasteiger partial charge is 0.383 e. The Kier molecular flexibility index (Phi) is 10.1. The van der Waals surface area contributed by atoms with Crippen LogP contribution in [0.3, 0.4) is 0 Å². The summed E-state index contributed by atoms with van der Waals surface area (Å²) in [5.74, 6) is -1.46. The molecule has 0 aromatic heterocycles. The average molecular weight is 540 g/mol. The minimum Gasteiger partial charge on any atom is -0.383 e. The van der Waals surface area contributed by atoms with Gasteiger partial charge in [0.2, 0.25) is 0 Å². The summed E-state index contributed by atoms with van der Waals surface area (Å²) < 4.78 is 47.0. The standard InChI is InChI=1S/C29H46F3N4O2/c1-8-15-36(6)21(4)16-23-17-24(29(30,31)32)13-14-25(23)26(36)34-28(33-20(3)18-38-7)35(5)27(37)22-11-9-19(2)10-12-22/h9-12,16,20-21,24-26,28,33-34H,8,13-15,17-18H2,1-7H3/q+1. The van der Waals surface area contributed by atoms with Gasteiger partial charge in [-0.05, 0) is 64.7 Å². The third-order valence-electron chi connectivity index (χ3n) is 8.55. The Morgan fingerprint density at radius 2 is 1.89 bits per heavy atom. The highest BCUT2D eigenvalue weighted by atomic mass is 19.4. The molecular formula is C29H46F3N4O2+. The van der Waals surface area contributed by atoms with Gasteiger partial charge in [0.25, 0.3) is 5.91 Å². The van der Waals surface area contributed by atoms with E-state index in [0.29, 0.717) is 23.1 Å². The minimum atomic E-state index is -4.18. The summed E-state index contributed by atoms with van der Waals surface area (Å²) >= 11 is 0. The second kappa shape index (κ2) is 12.5. The molecule has 1 saturated carbocycles. The van der Waals surface area contributed by atoms with Gasteiger partial charge in [-0.15, -0.1) is 0 Å². The zero-order valence-electron chi connectivity index (χ0n) is 23.9. The Labute approximate surface area is 226 Å². The average Bonchev–Trinajstić information content (AvgIpc) is 2.85. The van der Waals surface area contributed by atoms with Crippen LogP contribution in [0.25, 0.3) is 0 Å². The topological polar surface area (TPSA) is 53.6 Å². The summed E-state index contributed by atoms with van der Waals surface area (Å²) in [5.41, 5.74) is 2.55. The highest BCUT2D eigenvalue weighted by Gasteiger charge is 2.52. The number of halogens is 3. The van der Waals surface area contributed by atoms with Gasteiger partial charge in [-0.3, -0.25) is 10.1 Å². The molecule has 1 fully saturated rings. The normalized spacial score (nSPS) is 29.3. The van der Waals surface area contributed by atoms with Crippen molar-refractivity contribution in [2.24, 2.45) is 11.8 Å². The van der Waals surface area contributed by atoms with Crippen molar-refractivity contribution in [3.05, 3.63) is 47.0 Å². The van der Waals surface area contributed by atoms with Crippen molar-refractivity contribution in [1.82, 2.24) is 15.5 Å². The van der Waals surface area contributed by atoms with Gasteiger partial charge in [0.05, 0.1) is 26.1 Å². The predicted octanol–water partition coefficient (Wildman–Crippen LogP) is 5.05. The second-order valence-electron chi connectivity index (χ2n) is 11.5. The van der Waals surface area contributed by atoms with Crippen molar-refractivity contribution < 1.29 is 27.2 Å². The van der Waals surface area contributed by atoms with Crippen LogP contribution in [0.5, 0.6) is 0 Å². The first-order valence-electron chi connectivity index (χ1n) is 13.8. The number of quaternary nitrogens is 1. The van der Waals surface area contributed by atoms with Crippen molar-refractivity contribution in [1.29, 1.82) is 0 Å². The first kappa shape index (κ1) is 30.6. The molecule has 0 radical (unpaired) electrons. The molecule has 0 bridgehead atoms.